The summed E-state index contributed by atoms with van der Waals surface area (Å²) < 4.78 is 23.0. The highest BCUT2D eigenvalue weighted by Gasteiger charge is 2.37. The number of nitrogens with one attached hydrogen (secondary N) is 1. The van der Waals surface area contributed by atoms with Crippen LogP contribution in [-0.2, 0) is 22.5 Å². The summed E-state index contributed by atoms with van der Waals surface area (Å²) in [6.45, 7) is 8.00. The van der Waals surface area contributed by atoms with E-state index in [2.05, 4.69) is 15.6 Å². The van der Waals surface area contributed by atoms with Crippen molar-refractivity contribution in [3.05, 3.63) is 94.4 Å². The molecule has 2 amide bonds. The maximum Gasteiger partial charge on any atom is 0.408 e. The Kier molecular flexibility index (Phi) is 10.1. The average molecular weight is 685 g/mol. The molecule has 0 bridgehead atoms. The van der Waals surface area contributed by atoms with E-state index in [4.69, 9.17) is 9.72 Å². The number of methoxy groups -OCH3 is 1. The summed E-state index contributed by atoms with van der Waals surface area (Å²) in [4.78, 5) is 50.6. The number of fused-ring (bicyclic) bond motifs is 2. The molecule has 0 radical (unpaired) electrons. The Bertz CT molecular complexity index is 2040. The fraction of sp³-hybridized carbons (Fsp3) is 0.421. The smallest absolute Gasteiger partial charge is 0.408 e. The van der Waals surface area contributed by atoms with Crippen molar-refractivity contribution in [3.63, 3.8) is 0 Å². The van der Waals surface area contributed by atoms with Gasteiger partial charge >= 0.3 is 11.8 Å². The molecule has 11 nitrogen and oxygen atoms in total. The van der Waals surface area contributed by atoms with Crippen molar-refractivity contribution >= 4 is 34.1 Å². The SMILES string of the molecule is COCCCn1c([C@@H]2CCCN(C(=O)C[C@@H](Cc3ccc(-n4c(=O)[nH]c5ccc(F)cc54)cc3)N(C(=O)O)C(C)(C)C)C2)nc2ccccc21. The van der Waals surface area contributed by atoms with Crippen LogP contribution in [0.4, 0.5) is 9.18 Å². The summed E-state index contributed by atoms with van der Waals surface area (Å²) in [5, 5.41) is 10.4. The van der Waals surface area contributed by atoms with Gasteiger partial charge in [-0.25, -0.2) is 19.0 Å². The zero-order chi connectivity index (χ0) is 35.6. The van der Waals surface area contributed by atoms with Gasteiger partial charge in [0.15, 0.2) is 0 Å². The second kappa shape index (κ2) is 14.5. The van der Waals surface area contributed by atoms with Gasteiger partial charge in [0.25, 0.3) is 0 Å². The van der Waals surface area contributed by atoms with Crippen molar-refractivity contribution in [2.75, 3.05) is 26.8 Å². The second-order valence-electron chi connectivity index (χ2n) is 14.1. The highest BCUT2D eigenvalue weighted by atomic mass is 19.1. The van der Waals surface area contributed by atoms with Crippen LogP contribution < -0.4 is 5.69 Å². The number of aromatic nitrogens is 4. The van der Waals surface area contributed by atoms with Crippen LogP contribution in [0.3, 0.4) is 0 Å². The van der Waals surface area contributed by atoms with Crippen LogP contribution in [-0.4, -0.2) is 84.4 Å². The number of para-hydroxylation sites is 2. The third-order valence-corrected chi connectivity index (χ3v) is 9.57. The molecule has 5 aromatic rings. The van der Waals surface area contributed by atoms with Gasteiger partial charge in [-0.05, 0) is 88.4 Å². The highest BCUT2D eigenvalue weighted by Crippen LogP contribution is 2.31. The van der Waals surface area contributed by atoms with E-state index in [9.17, 15) is 23.9 Å². The van der Waals surface area contributed by atoms with E-state index in [-0.39, 0.29) is 18.2 Å². The Morgan fingerprint density at radius 3 is 2.58 bits per heavy atom. The van der Waals surface area contributed by atoms with E-state index in [0.29, 0.717) is 42.8 Å². The molecule has 0 spiro atoms. The molecule has 1 aliphatic rings. The van der Waals surface area contributed by atoms with Gasteiger partial charge in [0.2, 0.25) is 5.91 Å². The lowest BCUT2D eigenvalue weighted by Crippen LogP contribution is -2.54. The standard InChI is InChI=1S/C38H45FN6O5/c1-38(2,3)45(37(48)49)29(21-25-12-15-28(16-13-25)44-33-22-27(39)14-17-31(33)41-36(44)47)23-34(46)42-18-7-9-26(24-42)35-40-30-10-5-6-11-32(30)43(35)19-8-20-50-4/h5-6,10-17,22,26,29H,7-9,18-21,23-24H2,1-4H3,(H,41,47)(H,48,49)/t26-,29-/m1/s1. The molecule has 3 heterocycles. The number of piperidine rings is 1. The summed E-state index contributed by atoms with van der Waals surface area (Å²) in [6.07, 6.45) is 1.78. The van der Waals surface area contributed by atoms with Crippen molar-refractivity contribution in [1.82, 2.24) is 28.9 Å². The first-order valence-corrected chi connectivity index (χ1v) is 17.2. The van der Waals surface area contributed by atoms with Crippen LogP contribution in [0.25, 0.3) is 27.8 Å². The van der Waals surface area contributed by atoms with Crippen LogP contribution >= 0.6 is 0 Å². The van der Waals surface area contributed by atoms with E-state index in [1.54, 1.807) is 19.2 Å². The number of aromatic amines is 1. The summed E-state index contributed by atoms with van der Waals surface area (Å²) in [7, 11) is 1.70. The van der Waals surface area contributed by atoms with Crippen LogP contribution in [0.1, 0.15) is 63.8 Å². The molecular formula is C38H45FN6O5. The molecule has 2 atom stereocenters. The first-order valence-electron chi connectivity index (χ1n) is 17.2. The Morgan fingerprint density at radius 1 is 1.10 bits per heavy atom. The molecule has 2 N–H and O–H groups in total. The fourth-order valence-corrected chi connectivity index (χ4v) is 7.38. The van der Waals surface area contributed by atoms with Gasteiger partial charge in [0.1, 0.15) is 11.6 Å². The molecule has 1 aliphatic heterocycles. The monoisotopic (exact) mass is 684 g/mol. The van der Waals surface area contributed by atoms with Crippen molar-refractivity contribution in [3.8, 4) is 5.69 Å². The van der Waals surface area contributed by atoms with Crippen molar-refractivity contribution < 1.29 is 23.8 Å². The minimum Gasteiger partial charge on any atom is -0.465 e. The summed E-state index contributed by atoms with van der Waals surface area (Å²) in [5.41, 5.74) is 3.12. The van der Waals surface area contributed by atoms with Gasteiger partial charge in [0, 0.05) is 63.3 Å². The lowest BCUT2D eigenvalue weighted by molar-refractivity contribution is -0.134. The van der Waals surface area contributed by atoms with E-state index in [1.165, 1.54) is 27.7 Å². The number of rotatable bonds is 11. The quantitative estimate of drug-likeness (QED) is 0.157. The predicted molar refractivity (Wildman–Crippen MR) is 190 cm³/mol. The fourth-order valence-electron chi connectivity index (χ4n) is 7.38. The van der Waals surface area contributed by atoms with Gasteiger partial charge < -0.3 is 24.3 Å². The number of halogens is 1. The summed E-state index contributed by atoms with van der Waals surface area (Å²) in [6, 6.07) is 18.7. The number of aryl methyl sites for hydroxylation is 1. The molecule has 1 saturated heterocycles. The molecule has 264 valence electrons. The minimum absolute atomic E-state index is 0.0173. The normalized spacial score (nSPS) is 15.9. The number of amides is 2. The van der Waals surface area contributed by atoms with E-state index < -0.39 is 29.2 Å². The average Bonchev–Trinajstić information content (AvgIpc) is 3.61. The van der Waals surface area contributed by atoms with Gasteiger partial charge in [-0.15, -0.1) is 0 Å². The van der Waals surface area contributed by atoms with Gasteiger partial charge in [0.05, 0.1) is 27.8 Å². The van der Waals surface area contributed by atoms with E-state index in [0.717, 1.165) is 48.2 Å². The van der Waals surface area contributed by atoms with Gasteiger partial charge in [-0.2, -0.15) is 0 Å². The molecule has 3 aromatic carbocycles. The predicted octanol–water partition coefficient (Wildman–Crippen LogP) is 6.33. The zero-order valence-electron chi connectivity index (χ0n) is 29.1. The van der Waals surface area contributed by atoms with Crippen LogP contribution in [0, 0.1) is 5.82 Å². The Hall–Kier alpha value is -4.97. The van der Waals surface area contributed by atoms with Crippen LogP contribution in [0.5, 0.6) is 0 Å². The van der Waals surface area contributed by atoms with E-state index in [1.807, 2.05) is 56.0 Å². The van der Waals surface area contributed by atoms with Gasteiger partial charge in [-0.3, -0.25) is 14.3 Å². The Labute approximate surface area is 290 Å². The third kappa shape index (κ3) is 7.30. The summed E-state index contributed by atoms with van der Waals surface area (Å²) in [5.74, 6) is 0.468. The Morgan fingerprint density at radius 2 is 1.86 bits per heavy atom. The van der Waals surface area contributed by atoms with Crippen LogP contribution in [0.15, 0.2) is 71.5 Å². The number of carbonyl (C=O) groups is 2. The number of ether oxygens (including phenoxy) is 1. The molecule has 12 heteroatoms. The first kappa shape index (κ1) is 34.9. The van der Waals surface area contributed by atoms with Crippen molar-refractivity contribution in [1.29, 1.82) is 0 Å². The number of H-pyrrole nitrogens is 1. The molecule has 0 unspecified atom stereocenters. The van der Waals surface area contributed by atoms with Crippen LogP contribution in [0.2, 0.25) is 0 Å². The Balaban J connectivity index is 1.24. The number of nitrogens with zero attached hydrogens (tertiary/aromatic N) is 5. The molecule has 6 rings (SSSR count). The largest absolute Gasteiger partial charge is 0.465 e. The number of carboxylic acid groups (broad SMARTS) is 1. The number of carbonyl (C=O) groups excluding carboxylic acids is 1. The second-order valence-corrected chi connectivity index (χ2v) is 14.1. The number of imidazole rings is 2. The molecule has 0 saturated carbocycles. The minimum atomic E-state index is -1.10. The maximum absolute atomic E-state index is 14.1. The molecule has 2 aromatic heterocycles. The van der Waals surface area contributed by atoms with Crippen molar-refractivity contribution in [2.45, 2.75) is 76.9 Å². The van der Waals surface area contributed by atoms with Gasteiger partial charge in [-0.1, -0.05) is 24.3 Å². The topological polar surface area (TPSA) is 126 Å². The molecule has 50 heavy (non-hydrogen) atoms. The number of benzene rings is 3. The first-order chi connectivity index (χ1) is 23.9. The molecule has 1 fully saturated rings. The molecule has 0 aliphatic carbocycles. The lowest BCUT2D eigenvalue weighted by Gasteiger charge is -2.41. The summed E-state index contributed by atoms with van der Waals surface area (Å²) >= 11 is 0. The number of likely N-dealkylation sites (tertiary alicyclic amines) is 1. The highest BCUT2D eigenvalue weighted by molar-refractivity contribution is 5.79. The van der Waals surface area contributed by atoms with Crippen molar-refractivity contribution in [2.24, 2.45) is 0 Å². The number of hydrogen-bond acceptors (Lipinski definition) is 5. The molecular weight excluding hydrogens is 639 g/mol. The van der Waals surface area contributed by atoms with E-state index >= 15 is 0 Å². The zero-order valence-corrected chi connectivity index (χ0v) is 29.1. The lowest BCUT2D eigenvalue weighted by atomic mass is 9.93. The maximum atomic E-state index is 14.1. The number of hydrogen-bond donors (Lipinski definition) is 2. The third-order valence-electron chi connectivity index (χ3n) is 9.57.